The molecular weight excluding hydrogens is 421 g/mol. The fourth-order valence-electron chi connectivity index (χ4n) is 4.25. The maximum Gasteiger partial charge on any atom is 0.337 e. The van der Waals surface area contributed by atoms with Crippen LogP contribution in [0, 0.1) is 12.8 Å². The van der Waals surface area contributed by atoms with Crippen LogP contribution < -0.4 is 15.6 Å². The molecular formula is C23H22Cl2N3O2+. The van der Waals surface area contributed by atoms with Crippen LogP contribution in [0.3, 0.4) is 0 Å². The van der Waals surface area contributed by atoms with E-state index >= 15 is 0 Å². The molecule has 7 heteroatoms. The first kappa shape index (κ1) is 20.6. The minimum Gasteiger partial charge on any atom is -0.362 e. The summed E-state index contributed by atoms with van der Waals surface area (Å²) in [6.45, 7) is 3.75. The largest absolute Gasteiger partial charge is 0.362 e. The molecule has 4 rings (SSSR count). The van der Waals surface area contributed by atoms with Gasteiger partial charge in [0, 0.05) is 29.3 Å². The van der Waals surface area contributed by atoms with Gasteiger partial charge in [-0.25, -0.2) is 15.1 Å². The number of ketones is 1. The lowest BCUT2D eigenvalue weighted by atomic mass is 9.70. The fourth-order valence-corrected chi connectivity index (χ4v) is 4.67. The van der Waals surface area contributed by atoms with Crippen molar-refractivity contribution < 1.29 is 14.6 Å². The van der Waals surface area contributed by atoms with E-state index in [1.807, 2.05) is 38.1 Å². The highest BCUT2D eigenvalue weighted by atomic mass is 35.5. The van der Waals surface area contributed by atoms with Crippen molar-refractivity contribution in [1.82, 2.24) is 5.32 Å². The number of hydrogen-bond donors (Lipinski definition) is 2. The summed E-state index contributed by atoms with van der Waals surface area (Å²) in [6.07, 6.45) is 4.90. The number of allylic oxidation sites excluding steroid dienone is 3. The molecule has 1 aliphatic carbocycles. The summed E-state index contributed by atoms with van der Waals surface area (Å²) in [7, 11) is 0. The number of aromatic nitrogens is 1. The summed E-state index contributed by atoms with van der Waals surface area (Å²) in [4.78, 5) is 29.5. The van der Waals surface area contributed by atoms with Gasteiger partial charge in [0.2, 0.25) is 0 Å². The number of nitrogens with one attached hydrogen (secondary N) is 3. The second-order valence-electron chi connectivity index (χ2n) is 7.61. The van der Waals surface area contributed by atoms with Crippen molar-refractivity contribution in [3.8, 4) is 0 Å². The van der Waals surface area contributed by atoms with Crippen LogP contribution in [-0.4, -0.2) is 11.7 Å². The number of Topliss-reactive ketones (excluding diaryl/α,β-unsaturated/α-hetero) is 1. The minimum absolute atomic E-state index is 0.0845. The summed E-state index contributed by atoms with van der Waals surface area (Å²) < 4.78 is 0. The molecule has 2 aliphatic rings. The zero-order chi connectivity index (χ0) is 21.4. The molecule has 1 aromatic heterocycles. The smallest absolute Gasteiger partial charge is 0.337 e. The van der Waals surface area contributed by atoms with Crippen LogP contribution in [0.15, 0.2) is 59.6 Å². The monoisotopic (exact) mass is 442 g/mol. The Hall–Kier alpha value is -2.63. The van der Waals surface area contributed by atoms with E-state index in [1.165, 1.54) is 0 Å². The van der Waals surface area contributed by atoms with Gasteiger partial charge < -0.3 is 5.32 Å². The molecule has 1 aromatic carbocycles. The Kier molecular flexibility index (Phi) is 5.67. The lowest BCUT2D eigenvalue weighted by Gasteiger charge is -2.38. The Balaban J connectivity index is 1.85. The number of rotatable bonds is 3. The lowest BCUT2D eigenvalue weighted by molar-refractivity contribution is -0.361. The number of carbonyl (C=O) groups is 2. The van der Waals surface area contributed by atoms with Gasteiger partial charge in [0.15, 0.2) is 0 Å². The molecule has 2 atom stereocenters. The van der Waals surface area contributed by atoms with Gasteiger partial charge in [0.1, 0.15) is 5.78 Å². The molecule has 0 radical (unpaired) electrons. The Morgan fingerprint density at radius 2 is 1.97 bits per heavy atom. The van der Waals surface area contributed by atoms with Crippen molar-refractivity contribution in [3.63, 3.8) is 0 Å². The van der Waals surface area contributed by atoms with Gasteiger partial charge in [0.05, 0.1) is 27.7 Å². The average Bonchev–Trinajstić information content (AvgIpc) is 2.71. The summed E-state index contributed by atoms with van der Waals surface area (Å²) in [5.74, 6) is -0.624. The number of hydrogen-bond acceptors (Lipinski definition) is 3. The SMILES string of the molecule is CC1=C(C(=O)Nc2[nH+]cccc2C)C(c2cccc(Cl)c2Cl)C2C(=O)CCC=C2N1. The third-order valence-corrected chi connectivity index (χ3v) is 6.51. The van der Waals surface area contributed by atoms with Gasteiger partial charge in [-0.2, -0.15) is 0 Å². The van der Waals surface area contributed by atoms with Crippen LogP contribution >= 0.6 is 23.2 Å². The number of benzene rings is 1. The molecule has 2 unspecified atom stereocenters. The molecule has 3 N–H and O–H groups in total. The number of pyridine rings is 1. The molecule has 0 saturated heterocycles. The second-order valence-corrected chi connectivity index (χ2v) is 8.39. The zero-order valence-electron chi connectivity index (χ0n) is 16.7. The molecule has 0 bridgehead atoms. The first-order chi connectivity index (χ1) is 14.4. The van der Waals surface area contributed by atoms with Gasteiger partial charge in [-0.3, -0.25) is 4.79 Å². The second kappa shape index (κ2) is 8.25. The third-order valence-electron chi connectivity index (χ3n) is 5.68. The van der Waals surface area contributed by atoms with Crippen LogP contribution in [0.4, 0.5) is 5.82 Å². The van der Waals surface area contributed by atoms with E-state index in [4.69, 9.17) is 23.2 Å². The number of fused-ring (bicyclic) bond motifs is 1. The third kappa shape index (κ3) is 3.64. The number of anilines is 1. The zero-order valence-corrected chi connectivity index (χ0v) is 18.2. The molecule has 1 aliphatic heterocycles. The topological polar surface area (TPSA) is 72.3 Å². The standard InChI is InChI=1S/C23H21Cl2N3O2/c1-12-6-5-11-26-22(12)28-23(30)18-13(2)27-16-9-4-10-17(29)20(16)19(18)14-7-3-8-15(24)21(14)25/h3,5-9,11,19-20,27H,4,10H2,1-2H3,(H,26,28,30)/p+1. The van der Waals surface area contributed by atoms with E-state index in [0.29, 0.717) is 45.5 Å². The number of amides is 1. The lowest BCUT2D eigenvalue weighted by Crippen LogP contribution is -2.42. The summed E-state index contributed by atoms with van der Waals surface area (Å²) in [5.41, 5.74) is 3.57. The van der Waals surface area contributed by atoms with Crippen LogP contribution in [0.1, 0.15) is 36.8 Å². The Morgan fingerprint density at radius 3 is 2.73 bits per heavy atom. The molecule has 0 saturated carbocycles. The van der Waals surface area contributed by atoms with Crippen molar-refractivity contribution in [2.24, 2.45) is 5.92 Å². The fraction of sp³-hybridized carbons (Fsp3) is 0.261. The number of H-pyrrole nitrogens is 1. The summed E-state index contributed by atoms with van der Waals surface area (Å²) in [6, 6.07) is 9.10. The van der Waals surface area contributed by atoms with E-state index in [1.54, 1.807) is 18.3 Å². The Morgan fingerprint density at radius 1 is 1.17 bits per heavy atom. The van der Waals surface area contributed by atoms with Crippen LogP contribution in [0.5, 0.6) is 0 Å². The first-order valence-electron chi connectivity index (χ1n) is 9.81. The number of aryl methyl sites for hydroxylation is 1. The van der Waals surface area contributed by atoms with Crippen molar-refractivity contribution in [3.05, 3.63) is 80.7 Å². The first-order valence-corrected chi connectivity index (χ1v) is 10.6. The van der Waals surface area contributed by atoms with Crippen molar-refractivity contribution in [2.45, 2.75) is 32.6 Å². The molecule has 30 heavy (non-hydrogen) atoms. The van der Waals surface area contributed by atoms with Crippen LogP contribution in [0.25, 0.3) is 0 Å². The average molecular weight is 443 g/mol. The quantitative estimate of drug-likeness (QED) is 0.730. The number of aromatic amines is 1. The van der Waals surface area contributed by atoms with E-state index in [9.17, 15) is 9.59 Å². The van der Waals surface area contributed by atoms with E-state index < -0.39 is 11.8 Å². The van der Waals surface area contributed by atoms with E-state index in [2.05, 4.69) is 15.6 Å². The highest BCUT2D eigenvalue weighted by Crippen LogP contribution is 2.46. The number of halogens is 2. The maximum absolute atomic E-state index is 13.5. The van der Waals surface area contributed by atoms with Crippen molar-refractivity contribution in [2.75, 3.05) is 5.32 Å². The van der Waals surface area contributed by atoms with E-state index in [-0.39, 0.29) is 11.7 Å². The van der Waals surface area contributed by atoms with Crippen molar-refractivity contribution >= 4 is 40.7 Å². The van der Waals surface area contributed by atoms with Gasteiger partial charge in [-0.1, -0.05) is 41.4 Å². The van der Waals surface area contributed by atoms with Gasteiger partial charge >= 0.3 is 5.91 Å². The predicted molar refractivity (Wildman–Crippen MR) is 117 cm³/mol. The normalized spacial score (nSPS) is 20.9. The van der Waals surface area contributed by atoms with Crippen LogP contribution in [0.2, 0.25) is 10.0 Å². The molecule has 1 amide bonds. The van der Waals surface area contributed by atoms with Crippen LogP contribution in [-0.2, 0) is 9.59 Å². The highest BCUT2D eigenvalue weighted by Gasteiger charge is 2.44. The molecule has 2 aromatic rings. The Bertz CT molecular complexity index is 1110. The Labute approximate surface area is 185 Å². The van der Waals surface area contributed by atoms with Crippen molar-refractivity contribution in [1.29, 1.82) is 0 Å². The molecule has 154 valence electrons. The molecule has 2 heterocycles. The number of carbonyl (C=O) groups excluding carboxylic acids is 2. The van der Waals surface area contributed by atoms with Gasteiger partial charge in [0.25, 0.3) is 5.82 Å². The molecule has 0 spiro atoms. The highest BCUT2D eigenvalue weighted by molar-refractivity contribution is 6.42. The predicted octanol–water partition coefficient (Wildman–Crippen LogP) is 4.58. The van der Waals surface area contributed by atoms with Gasteiger partial charge in [-0.15, -0.1) is 0 Å². The molecule has 0 fully saturated rings. The van der Waals surface area contributed by atoms with Gasteiger partial charge in [-0.05, 0) is 44.0 Å². The molecule has 5 nitrogen and oxygen atoms in total. The summed E-state index contributed by atoms with van der Waals surface area (Å²) in [5, 5.41) is 7.00. The summed E-state index contributed by atoms with van der Waals surface area (Å²) >= 11 is 12.9. The maximum atomic E-state index is 13.5. The minimum atomic E-state index is -0.527. The van der Waals surface area contributed by atoms with E-state index in [0.717, 1.165) is 11.3 Å².